The summed E-state index contributed by atoms with van der Waals surface area (Å²) in [5, 5.41) is 1.13. The van der Waals surface area contributed by atoms with Crippen LogP contribution in [0, 0.1) is 0 Å². The minimum atomic E-state index is -0.0851. The molecule has 30 heavy (non-hydrogen) atoms. The van der Waals surface area contributed by atoms with Crippen LogP contribution in [0.4, 0.5) is 0 Å². The van der Waals surface area contributed by atoms with E-state index in [9.17, 15) is 0 Å². The summed E-state index contributed by atoms with van der Waals surface area (Å²) in [6.45, 7) is 2.41. The molecular formula is C25H20N4O. The maximum atomic E-state index is 5.95. The molecule has 0 aliphatic carbocycles. The first-order valence-electron chi connectivity index (χ1n) is 9.90. The van der Waals surface area contributed by atoms with E-state index in [4.69, 9.17) is 9.73 Å². The Hall–Kier alpha value is -3.86. The monoisotopic (exact) mass is 392 g/mol. The van der Waals surface area contributed by atoms with Crippen molar-refractivity contribution in [2.75, 3.05) is 0 Å². The fourth-order valence-electron chi connectivity index (χ4n) is 3.51. The Morgan fingerprint density at radius 1 is 0.767 bits per heavy atom. The number of aromatic nitrogens is 2. The molecule has 0 saturated heterocycles. The van der Waals surface area contributed by atoms with Crippen molar-refractivity contribution >= 4 is 22.3 Å². The molecule has 2 aromatic heterocycles. The first-order valence-corrected chi connectivity index (χ1v) is 9.90. The van der Waals surface area contributed by atoms with Crippen LogP contribution in [0.15, 0.2) is 95.2 Å². The number of hydrogen-bond donors (Lipinski definition) is 0. The molecule has 0 N–H and O–H groups in total. The molecule has 4 aromatic rings. The van der Waals surface area contributed by atoms with Crippen LogP contribution in [0.3, 0.4) is 0 Å². The van der Waals surface area contributed by atoms with E-state index in [1.165, 1.54) is 0 Å². The van der Waals surface area contributed by atoms with Gasteiger partial charge in [0, 0.05) is 28.9 Å². The lowest BCUT2D eigenvalue weighted by Crippen LogP contribution is -2.14. The lowest BCUT2D eigenvalue weighted by atomic mass is 10.0. The molecule has 3 heterocycles. The van der Waals surface area contributed by atoms with Crippen LogP contribution in [-0.2, 0) is 6.61 Å². The molecule has 0 spiro atoms. The summed E-state index contributed by atoms with van der Waals surface area (Å²) in [6, 6.07) is 24.1. The van der Waals surface area contributed by atoms with Gasteiger partial charge in [0.25, 0.3) is 0 Å². The van der Waals surface area contributed by atoms with Crippen molar-refractivity contribution in [3.63, 3.8) is 0 Å². The largest absolute Gasteiger partial charge is 0.487 e. The number of aliphatic imine (C=N–C) groups is 2. The molecule has 0 radical (unpaired) electrons. The third-order valence-electron chi connectivity index (χ3n) is 4.98. The third kappa shape index (κ3) is 3.70. The van der Waals surface area contributed by atoms with Gasteiger partial charge >= 0.3 is 0 Å². The molecule has 2 aromatic carbocycles. The van der Waals surface area contributed by atoms with Crippen LogP contribution in [0.5, 0.6) is 5.75 Å². The van der Waals surface area contributed by atoms with Crippen molar-refractivity contribution in [2.24, 2.45) is 9.98 Å². The van der Waals surface area contributed by atoms with Gasteiger partial charge in [0.2, 0.25) is 0 Å². The Labute approximate surface area is 174 Å². The first-order chi connectivity index (χ1) is 14.8. The second-order valence-electron chi connectivity index (χ2n) is 7.13. The van der Waals surface area contributed by atoms with Crippen molar-refractivity contribution in [2.45, 2.75) is 19.7 Å². The lowest BCUT2D eigenvalue weighted by molar-refractivity contribution is 0.302. The quantitative estimate of drug-likeness (QED) is 0.488. The molecule has 1 atom stereocenters. The van der Waals surface area contributed by atoms with Crippen molar-refractivity contribution in [1.82, 2.24) is 9.97 Å². The number of hydrogen-bond acceptors (Lipinski definition) is 5. The van der Waals surface area contributed by atoms with Gasteiger partial charge < -0.3 is 4.74 Å². The van der Waals surface area contributed by atoms with E-state index in [2.05, 4.69) is 27.1 Å². The van der Waals surface area contributed by atoms with Crippen LogP contribution < -0.4 is 4.74 Å². The number of benzene rings is 2. The smallest absolute Gasteiger partial charge is 0.138 e. The van der Waals surface area contributed by atoms with Crippen molar-refractivity contribution in [3.8, 4) is 5.75 Å². The van der Waals surface area contributed by atoms with Gasteiger partial charge in [-0.05, 0) is 55.5 Å². The molecule has 0 fully saturated rings. The molecule has 0 amide bonds. The normalized spacial score (nSPS) is 15.7. The van der Waals surface area contributed by atoms with E-state index < -0.39 is 0 Å². The zero-order valence-electron chi connectivity index (χ0n) is 16.6. The van der Waals surface area contributed by atoms with Gasteiger partial charge in [-0.15, -0.1) is 0 Å². The Morgan fingerprint density at radius 3 is 2.23 bits per heavy atom. The number of pyridine rings is 2. The molecule has 1 aliphatic heterocycles. The molecule has 0 bridgehead atoms. The van der Waals surface area contributed by atoms with Crippen molar-refractivity contribution in [1.29, 1.82) is 0 Å². The van der Waals surface area contributed by atoms with E-state index in [1.54, 1.807) is 12.4 Å². The SMILES string of the molecule is CC1N=C(c2ccncc2)C(c2ccc(OCc3ccc4ccccc4n3)cc2)=N1. The van der Waals surface area contributed by atoms with Gasteiger partial charge in [-0.25, -0.2) is 4.98 Å². The van der Waals surface area contributed by atoms with Crippen LogP contribution in [-0.4, -0.2) is 27.6 Å². The maximum Gasteiger partial charge on any atom is 0.138 e. The molecule has 1 aliphatic rings. The summed E-state index contributed by atoms with van der Waals surface area (Å²) in [5.41, 5.74) is 5.72. The highest BCUT2D eigenvalue weighted by molar-refractivity contribution is 6.54. The zero-order chi connectivity index (χ0) is 20.3. The Bertz CT molecular complexity index is 1250. The van der Waals surface area contributed by atoms with Gasteiger partial charge in [-0.2, -0.15) is 0 Å². The van der Waals surface area contributed by atoms with E-state index in [-0.39, 0.29) is 6.17 Å². The topological polar surface area (TPSA) is 59.7 Å². The second kappa shape index (κ2) is 7.87. The zero-order valence-corrected chi connectivity index (χ0v) is 16.6. The van der Waals surface area contributed by atoms with Crippen molar-refractivity contribution < 1.29 is 4.74 Å². The van der Waals surface area contributed by atoms with E-state index in [1.807, 2.05) is 67.6 Å². The Kier molecular flexibility index (Phi) is 4.77. The summed E-state index contributed by atoms with van der Waals surface area (Å²) in [7, 11) is 0. The molecule has 0 saturated carbocycles. The average molecular weight is 392 g/mol. The van der Waals surface area contributed by atoms with Crippen LogP contribution in [0.1, 0.15) is 23.7 Å². The van der Waals surface area contributed by atoms with E-state index in [0.29, 0.717) is 6.61 Å². The number of fused-ring (bicyclic) bond motifs is 1. The predicted molar refractivity (Wildman–Crippen MR) is 119 cm³/mol. The third-order valence-corrected chi connectivity index (χ3v) is 4.98. The molecule has 5 rings (SSSR count). The number of para-hydroxylation sites is 1. The predicted octanol–water partition coefficient (Wildman–Crippen LogP) is 4.85. The molecule has 5 heteroatoms. The van der Waals surface area contributed by atoms with E-state index >= 15 is 0 Å². The lowest BCUT2D eigenvalue weighted by Gasteiger charge is -2.09. The second-order valence-corrected chi connectivity index (χ2v) is 7.13. The molecule has 1 unspecified atom stereocenters. The fourth-order valence-corrected chi connectivity index (χ4v) is 3.51. The van der Waals surface area contributed by atoms with Crippen LogP contribution in [0.25, 0.3) is 10.9 Å². The number of nitrogens with zero attached hydrogens (tertiary/aromatic N) is 4. The van der Waals surface area contributed by atoms with Gasteiger partial charge in [0.1, 0.15) is 18.5 Å². The summed E-state index contributed by atoms with van der Waals surface area (Å²) in [4.78, 5) is 18.1. The highest BCUT2D eigenvalue weighted by Crippen LogP contribution is 2.21. The number of rotatable bonds is 5. The highest BCUT2D eigenvalue weighted by atomic mass is 16.5. The van der Waals surface area contributed by atoms with Gasteiger partial charge in [0.15, 0.2) is 0 Å². The Balaban J connectivity index is 1.31. The van der Waals surface area contributed by atoms with Crippen LogP contribution >= 0.6 is 0 Å². The van der Waals surface area contributed by atoms with Gasteiger partial charge in [-0.3, -0.25) is 15.0 Å². The summed E-state index contributed by atoms with van der Waals surface area (Å²) >= 11 is 0. The molecule has 146 valence electrons. The van der Waals surface area contributed by atoms with E-state index in [0.717, 1.165) is 44.9 Å². The standard InChI is InChI=1S/C25H20N4O/c1-17-27-24(25(28-17)20-12-14-26-15-13-20)19-7-10-22(11-8-19)30-16-21-9-6-18-4-2-3-5-23(18)29-21/h2-15,17H,16H2,1H3. The van der Waals surface area contributed by atoms with Gasteiger partial charge in [-0.1, -0.05) is 24.3 Å². The summed E-state index contributed by atoms with van der Waals surface area (Å²) in [5.74, 6) is 0.794. The molecular weight excluding hydrogens is 372 g/mol. The molecule has 5 nitrogen and oxygen atoms in total. The fraction of sp³-hybridized carbons (Fsp3) is 0.120. The highest BCUT2D eigenvalue weighted by Gasteiger charge is 2.21. The first kappa shape index (κ1) is 18.2. The summed E-state index contributed by atoms with van der Waals surface area (Å²) < 4.78 is 5.95. The number of ether oxygens (including phenoxy) is 1. The average Bonchev–Trinajstić information content (AvgIpc) is 3.20. The van der Waals surface area contributed by atoms with Crippen molar-refractivity contribution in [3.05, 3.63) is 102 Å². The minimum absolute atomic E-state index is 0.0851. The maximum absolute atomic E-state index is 5.95. The summed E-state index contributed by atoms with van der Waals surface area (Å²) in [6.07, 6.45) is 3.46. The van der Waals surface area contributed by atoms with Crippen LogP contribution in [0.2, 0.25) is 0 Å². The van der Waals surface area contributed by atoms with Gasteiger partial charge in [0.05, 0.1) is 22.6 Å². The minimum Gasteiger partial charge on any atom is -0.487 e. The Morgan fingerprint density at radius 2 is 1.47 bits per heavy atom.